The first-order valence-corrected chi connectivity index (χ1v) is 12.8. The van der Waals surface area contributed by atoms with Crippen LogP contribution in [0.1, 0.15) is 44.9 Å². The number of benzene rings is 2. The van der Waals surface area contributed by atoms with Gasteiger partial charge < -0.3 is 9.88 Å². The summed E-state index contributed by atoms with van der Waals surface area (Å²) in [5.41, 5.74) is 2.25. The molecule has 1 aliphatic heterocycles. The van der Waals surface area contributed by atoms with Crippen LogP contribution in [0.2, 0.25) is 0 Å². The summed E-state index contributed by atoms with van der Waals surface area (Å²) in [6.45, 7) is -0.219. The highest BCUT2D eigenvalue weighted by molar-refractivity contribution is 7.10. The molecule has 0 atom stereocenters. The number of hydrogen-bond donors (Lipinski definition) is 1. The quantitative estimate of drug-likeness (QED) is 0.168. The van der Waals surface area contributed by atoms with Gasteiger partial charge >= 0.3 is 0 Å². The molecule has 10 heteroatoms. The lowest BCUT2D eigenvalue weighted by Gasteiger charge is -2.08. The van der Waals surface area contributed by atoms with Gasteiger partial charge in [0.2, 0.25) is 0 Å². The molecule has 4 aromatic rings. The van der Waals surface area contributed by atoms with E-state index in [1.165, 1.54) is 29.7 Å². The third kappa shape index (κ3) is 5.65. The van der Waals surface area contributed by atoms with Crippen LogP contribution in [0.25, 0.3) is 17.7 Å². The fourth-order valence-corrected chi connectivity index (χ4v) is 4.80. The zero-order valence-electron chi connectivity index (χ0n) is 20.3. The number of pyridine rings is 1. The SMILES string of the molecule is O=C1Nc2cc(/C=C/CCC(=O)c3cccn(Cc4cc(F)c(F)c(F)c4)c3=O)ccc2/C1=C\c1nccs1. The second kappa shape index (κ2) is 11.0. The van der Waals surface area contributed by atoms with Crippen molar-refractivity contribution in [1.82, 2.24) is 9.55 Å². The van der Waals surface area contributed by atoms with Gasteiger partial charge in [-0.1, -0.05) is 24.3 Å². The van der Waals surface area contributed by atoms with Gasteiger partial charge in [0.05, 0.1) is 17.7 Å². The summed E-state index contributed by atoms with van der Waals surface area (Å²) in [7, 11) is 0. The maximum atomic E-state index is 13.5. The molecule has 0 unspecified atom stereocenters. The average molecular weight is 548 g/mol. The molecular formula is C29H20F3N3O3S. The standard InChI is InChI=1S/C29H20F3N3O3S/c30-22-12-18(13-23(31)27(22)32)16-35-10-3-5-20(29(35)38)25(36)6-2-1-4-17-7-8-19-21(15-26-33-9-11-39-26)28(37)34-24(19)14-17/h1,3-5,7-15H,2,6,16H2,(H,34,37)/b4-1+,21-15+. The number of amides is 1. The Morgan fingerprint density at radius 3 is 2.62 bits per heavy atom. The Hall–Kier alpha value is -4.57. The van der Waals surface area contributed by atoms with E-state index in [2.05, 4.69) is 10.3 Å². The van der Waals surface area contributed by atoms with Crippen LogP contribution in [0.5, 0.6) is 0 Å². The normalized spacial score (nSPS) is 13.7. The van der Waals surface area contributed by atoms with E-state index in [9.17, 15) is 27.6 Å². The Kier molecular flexibility index (Phi) is 7.38. The van der Waals surface area contributed by atoms with Gasteiger partial charge in [0, 0.05) is 35.4 Å². The van der Waals surface area contributed by atoms with Crippen molar-refractivity contribution in [3.63, 3.8) is 0 Å². The number of hydrogen-bond acceptors (Lipinski definition) is 5. The van der Waals surface area contributed by atoms with Crippen LogP contribution in [-0.2, 0) is 11.3 Å². The minimum absolute atomic E-state index is 0.0475. The molecule has 0 fully saturated rings. The molecule has 0 spiro atoms. The Balaban J connectivity index is 1.23. The Morgan fingerprint density at radius 2 is 1.87 bits per heavy atom. The van der Waals surface area contributed by atoms with E-state index >= 15 is 0 Å². The predicted octanol–water partition coefficient (Wildman–Crippen LogP) is 5.94. The number of Topliss-reactive ketones (excluding diaryl/α,β-unsaturated/α-hetero) is 1. The first kappa shape index (κ1) is 26.1. The largest absolute Gasteiger partial charge is 0.321 e. The molecule has 0 saturated heterocycles. The monoisotopic (exact) mass is 547 g/mol. The van der Waals surface area contributed by atoms with Gasteiger partial charge in [-0.05, 0) is 54.0 Å². The zero-order chi connectivity index (χ0) is 27.5. The van der Waals surface area contributed by atoms with Crippen molar-refractivity contribution in [2.45, 2.75) is 19.4 Å². The molecule has 2 aromatic carbocycles. The van der Waals surface area contributed by atoms with Crippen molar-refractivity contribution in [2.24, 2.45) is 0 Å². The molecule has 2 aromatic heterocycles. The van der Waals surface area contributed by atoms with Crippen LogP contribution in [0.15, 0.2) is 71.1 Å². The van der Waals surface area contributed by atoms with Gasteiger partial charge in [-0.25, -0.2) is 18.2 Å². The van der Waals surface area contributed by atoms with Crippen LogP contribution in [0.3, 0.4) is 0 Å². The molecule has 196 valence electrons. The number of nitrogens with one attached hydrogen (secondary N) is 1. The second-order valence-corrected chi connectivity index (χ2v) is 9.71. The molecule has 0 bridgehead atoms. The fourth-order valence-electron chi connectivity index (χ4n) is 4.23. The van der Waals surface area contributed by atoms with E-state index in [1.54, 1.807) is 18.3 Å². The summed E-state index contributed by atoms with van der Waals surface area (Å²) in [6.07, 6.45) is 8.87. The number of rotatable bonds is 8. The van der Waals surface area contributed by atoms with Crippen LogP contribution in [0, 0.1) is 17.5 Å². The first-order valence-electron chi connectivity index (χ1n) is 11.9. The van der Waals surface area contributed by atoms with Gasteiger partial charge in [0.15, 0.2) is 23.2 Å². The van der Waals surface area contributed by atoms with Gasteiger partial charge in [-0.15, -0.1) is 11.3 Å². The molecule has 6 nitrogen and oxygen atoms in total. The summed E-state index contributed by atoms with van der Waals surface area (Å²) in [5, 5.41) is 5.43. The first-order chi connectivity index (χ1) is 18.8. The highest BCUT2D eigenvalue weighted by Gasteiger charge is 2.24. The second-order valence-electron chi connectivity index (χ2n) is 8.78. The molecular weight excluding hydrogens is 527 g/mol. The summed E-state index contributed by atoms with van der Waals surface area (Å²) in [4.78, 5) is 42.1. The van der Waals surface area contributed by atoms with Crippen LogP contribution >= 0.6 is 11.3 Å². The number of allylic oxidation sites excluding steroid dienone is 1. The Morgan fingerprint density at radius 1 is 1.08 bits per heavy atom. The van der Waals surface area contributed by atoms with Crippen LogP contribution in [-0.4, -0.2) is 21.2 Å². The smallest absolute Gasteiger partial charge is 0.261 e. The number of aromatic nitrogens is 2. The molecule has 0 saturated carbocycles. The number of carbonyl (C=O) groups is 2. The van der Waals surface area contributed by atoms with Crippen molar-refractivity contribution >= 4 is 46.4 Å². The highest BCUT2D eigenvalue weighted by Crippen LogP contribution is 2.34. The molecule has 39 heavy (non-hydrogen) atoms. The van der Waals surface area contributed by atoms with Crippen LogP contribution in [0.4, 0.5) is 18.9 Å². The maximum Gasteiger partial charge on any atom is 0.261 e. The molecule has 0 radical (unpaired) electrons. The number of halogens is 3. The minimum Gasteiger partial charge on any atom is -0.321 e. The van der Waals surface area contributed by atoms with Gasteiger partial charge in [0.1, 0.15) is 5.01 Å². The topological polar surface area (TPSA) is 81.1 Å². The summed E-state index contributed by atoms with van der Waals surface area (Å²) in [5.74, 6) is -4.87. The average Bonchev–Trinajstić information content (AvgIpc) is 3.53. The summed E-state index contributed by atoms with van der Waals surface area (Å²) in [6, 6.07) is 10.1. The van der Waals surface area contributed by atoms with E-state index in [-0.39, 0.29) is 35.8 Å². The van der Waals surface area contributed by atoms with E-state index in [4.69, 9.17) is 0 Å². The number of anilines is 1. The molecule has 1 aliphatic rings. The van der Waals surface area contributed by atoms with Crippen molar-refractivity contribution in [1.29, 1.82) is 0 Å². The highest BCUT2D eigenvalue weighted by atomic mass is 32.1. The van der Waals surface area contributed by atoms with Crippen molar-refractivity contribution in [2.75, 3.05) is 5.32 Å². The summed E-state index contributed by atoms with van der Waals surface area (Å²) < 4.78 is 41.4. The van der Waals surface area contributed by atoms with E-state index in [0.29, 0.717) is 17.7 Å². The predicted molar refractivity (Wildman–Crippen MR) is 144 cm³/mol. The number of carbonyl (C=O) groups excluding carboxylic acids is 2. The maximum absolute atomic E-state index is 13.5. The molecule has 5 rings (SSSR count). The van der Waals surface area contributed by atoms with E-state index < -0.39 is 23.0 Å². The number of fused-ring (bicyclic) bond motifs is 1. The van der Waals surface area contributed by atoms with Gasteiger partial charge in [0.25, 0.3) is 11.5 Å². The zero-order valence-corrected chi connectivity index (χ0v) is 21.1. The third-order valence-electron chi connectivity index (χ3n) is 6.11. The minimum atomic E-state index is -1.58. The van der Waals surface area contributed by atoms with Crippen molar-refractivity contribution in [3.8, 4) is 0 Å². The molecule has 0 aliphatic carbocycles. The van der Waals surface area contributed by atoms with E-state index in [0.717, 1.165) is 32.8 Å². The lowest BCUT2D eigenvalue weighted by Crippen LogP contribution is -2.26. The fraction of sp³-hybridized carbons (Fsp3) is 0.103. The number of ketones is 1. The Bertz CT molecular complexity index is 1690. The van der Waals surface area contributed by atoms with Crippen molar-refractivity contribution in [3.05, 3.63) is 121 Å². The van der Waals surface area contributed by atoms with Gasteiger partial charge in [-0.3, -0.25) is 14.4 Å². The molecule has 1 N–H and O–H groups in total. The van der Waals surface area contributed by atoms with Crippen molar-refractivity contribution < 1.29 is 22.8 Å². The lowest BCUT2D eigenvalue weighted by molar-refractivity contribution is -0.110. The number of thiazole rings is 1. The number of nitrogens with zero attached hydrogens (tertiary/aromatic N) is 2. The van der Waals surface area contributed by atoms with Crippen LogP contribution < -0.4 is 10.9 Å². The van der Waals surface area contributed by atoms with Gasteiger partial charge in [-0.2, -0.15) is 0 Å². The molecule has 3 heterocycles. The Labute approximate surface area is 224 Å². The summed E-state index contributed by atoms with van der Waals surface area (Å²) >= 11 is 1.44. The third-order valence-corrected chi connectivity index (χ3v) is 6.83. The van der Waals surface area contributed by atoms with E-state index in [1.807, 2.05) is 29.7 Å². The lowest BCUT2D eigenvalue weighted by atomic mass is 10.0. The molecule has 1 amide bonds.